The molecule has 0 bridgehead atoms. The first-order valence-corrected chi connectivity index (χ1v) is 7.73. The van der Waals surface area contributed by atoms with Crippen LogP contribution in [0, 0.1) is 13.8 Å². The van der Waals surface area contributed by atoms with Crippen LogP contribution in [0.1, 0.15) is 33.8 Å². The molecule has 1 aliphatic heterocycles. The Kier molecular flexibility index (Phi) is 4.35. The topological polar surface area (TPSA) is 95.7 Å². The van der Waals surface area contributed by atoms with E-state index in [-0.39, 0.29) is 30.7 Å². The molecular weight excluding hydrogens is 310 g/mol. The van der Waals surface area contributed by atoms with Crippen molar-refractivity contribution < 1.29 is 19.2 Å². The van der Waals surface area contributed by atoms with Crippen LogP contribution in [0.15, 0.2) is 28.8 Å². The average molecular weight is 329 g/mol. The molecule has 0 radical (unpaired) electrons. The SMILES string of the molecule is Cc1cccc(N2CC(NC(=O)c3noc(C)c3CO)CC2=O)c1. The summed E-state index contributed by atoms with van der Waals surface area (Å²) in [5, 5.41) is 15.8. The largest absolute Gasteiger partial charge is 0.391 e. The van der Waals surface area contributed by atoms with E-state index in [1.54, 1.807) is 11.8 Å². The van der Waals surface area contributed by atoms with Crippen LogP contribution < -0.4 is 10.2 Å². The van der Waals surface area contributed by atoms with Gasteiger partial charge in [-0.25, -0.2) is 0 Å². The van der Waals surface area contributed by atoms with Gasteiger partial charge >= 0.3 is 0 Å². The zero-order chi connectivity index (χ0) is 17.3. The lowest BCUT2D eigenvalue weighted by Crippen LogP contribution is -2.37. The number of hydrogen-bond donors (Lipinski definition) is 2. The number of aliphatic hydroxyl groups is 1. The van der Waals surface area contributed by atoms with E-state index in [2.05, 4.69) is 10.5 Å². The lowest BCUT2D eigenvalue weighted by Gasteiger charge is -2.17. The first-order chi connectivity index (χ1) is 11.5. The van der Waals surface area contributed by atoms with Gasteiger partial charge < -0.3 is 19.8 Å². The monoisotopic (exact) mass is 329 g/mol. The third-order valence-corrected chi connectivity index (χ3v) is 4.13. The Hall–Kier alpha value is -2.67. The highest BCUT2D eigenvalue weighted by atomic mass is 16.5. The predicted octanol–water partition coefficient (Wildman–Crippen LogP) is 1.32. The Morgan fingerprint density at radius 2 is 2.25 bits per heavy atom. The number of nitrogens with one attached hydrogen (secondary N) is 1. The third kappa shape index (κ3) is 3.03. The predicted molar refractivity (Wildman–Crippen MR) is 86.6 cm³/mol. The van der Waals surface area contributed by atoms with Crippen molar-refractivity contribution in [1.82, 2.24) is 10.5 Å². The average Bonchev–Trinajstić information content (AvgIpc) is 3.09. The van der Waals surface area contributed by atoms with Crippen molar-refractivity contribution in [3.63, 3.8) is 0 Å². The smallest absolute Gasteiger partial charge is 0.274 e. The Labute approximate surface area is 139 Å². The highest BCUT2D eigenvalue weighted by molar-refractivity contribution is 5.98. The second-order valence-electron chi connectivity index (χ2n) is 5.94. The number of carbonyl (C=O) groups excluding carboxylic acids is 2. The van der Waals surface area contributed by atoms with Gasteiger partial charge in [-0.3, -0.25) is 9.59 Å². The maximum atomic E-state index is 12.3. The van der Waals surface area contributed by atoms with Gasteiger partial charge in [0, 0.05) is 18.7 Å². The number of aryl methyl sites for hydroxylation is 2. The number of aliphatic hydroxyl groups excluding tert-OH is 1. The molecule has 2 N–H and O–H groups in total. The summed E-state index contributed by atoms with van der Waals surface area (Å²) in [7, 11) is 0. The van der Waals surface area contributed by atoms with Crippen molar-refractivity contribution in [2.24, 2.45) is 0 Å². The summed E-state index contributed by atoms with van der Waals surface area (Å²) in [5.74, 6) is -0.0732. The molecule has 0 saturated carbocycles. The summed E-state index contributed by atoms with van der Waals surface area (Å²) >= 11 is 0. The summed E-state index contributed by atoms with van der Waals surface area (Å²) in [4.78, 5) is 26.2. The molecule has 1 saturated heterocycles. The number of anilines is 1. The Bertz CT molecular complexity index is 784. The van der Waals surface area contributed by atoms with Crippen LogP contribution in [0.3, 0.4) is 0 Å². The Balaban J connectivity index is 1.71. The lowest BCUT2D eigenvalue weighted by molar-refractivity contribution is -0.117. The lowest BCUT2D eigenvalue weighted by atomic mass is 10.2. The van der Waals surface area contributed by atoms with Gasteiger partial charge in [0.1, 0.15) is 5.76 Å². The summed E-state index contributed by atoms with van der Waals surface area (Å²) in [6.45, 7) is 3.68. The maximum Gasteiger partial charge on any atom is 0.274 e. The van der Waals surface area contributed by atoms with Crippen molar-refractivity contribution in [2.75, 3.05) is 11.4 Å². The van der Waals surface area contributed by atoms with E-state index in [1.165, 1.54) is 0 Å². The molecule has 1 aromatic carbocycles. The second kappa shape index (κ2) is 6.45. The van der Waals surface area contributed by atoms with E-state index in [9.17, 15) is 14.7 Å². The van der Waals surface area contributed by atoms with Gasteiger partial charge in [0.05, 0.1) is 18.2 Å². The summed E-state index contributed by atoms with van der Waals surface area (Å²) in [5.41, 5.74) is 2.33. The molecule has 0 spiro atoms. The van der Waals surface area contributed by atoms with Crippen LogP contribution >= 0.6 is 0 Å². The zero-order valence-electron chi connectivity index (χ0n) is 13.6. The van der Waals surface area contributed by atoms with Gasteiger partial charge in [0.25, 0.3) is 5.91 Å². The number of benzene rings is 1. The minimum Gasteiger partial charge on any atom is -0.391 e. The number of nitrogens with zero attached hydrogens (tertiary/aromatic N) is 2. The quantitative estimate of drug-likeness (QED) is 0.882. The number of rotatable bonds is 4. The summed E-state index contributed by atoms with van der Waals surface area (Å²) in [6.07, 6.45) is 0.227. The van der Waals surface area contributed by atoms with Crippen molar-refractivity contribution in [3.8, 4) is 0 Å². The molecule has 24 heavy (non-hydrogen) atoms. The highest BCUT2D eigenvalue weighted by Crippen LogP contribution is 2.23. The van der Waals surface area contributed by atoms with Crippen LogP contribution in [0.4, 0.5) is 5.69 Å². The molecule has 7 heteroatoms. The van der Waals surface area contributed by atoms with Crippen LogP contribution in [-0.2, 0) is 11.4 Å². The van der Waals surface area contributed by atoms with Gasteiger partial charge in [-0.1, -0.05) is 17.3 Å². The molecule has 2 amide bonds. The molecule has 1 aromatic heterocycles. The zero-order valence-corrected chi connectivity index (χ0v) is 13.6. The Morgan fingerprint density at radius 3 is 2.96 bits per heavy atom. The molecule has 7 nitrogen and oxygen atoms in total. The van der Waals surface area contributed by atoms with E-state index in [0.29, 0.717) is 17.9 Å². The van der Waals surface area contributed by atoms with Gasteiger partial charge in [-0.2, -0.15) is 0 Å². The van der Waals surface area contributed by atoms with Crippen LogP contribution in [0.2, 0.25) is 0 Å². The van der Waals surface area contributed by atoms with E-state index in [0.717, 1.165) is 11.3 Å². The van der Waals surface area contributed by atoms with E-state index in [4.69, 9.17) is 4.52 Å². The minimum absolute atomic E-state index is 0.0374. The van der Waals surface area contributed by atoms with E-state index < -0.39 is 5.91 Å². The standard InChI is InChI=1S/C17H19N3O4/c1-10-4-3-5-13(6-10)20-8-12(7-15(20)22)18-17(23)16-14(9-21)11(2)24-19-16/h3-6,12,21H,7-9H2,1-2H3,(H,18,23). The fourth-order valence-corrected chi connectivity index (χ4v) is 2.86. The third-order valence-electron chi connectivity index (χ3n) is 4.13. The summed E-state index contributed by atoms with van der Waals surface area (Å²) in [6, 6.07) is 7.36. The Morgan fingerprint density at radius 1 is 1.46 bits per heavy atom. The van der Waals surface area contributed by atoms with E-state index >= 15 is 0 Å². The van der Waals surface area contributed by atoms with Gasteiger partial charge in [0.15, 0.2) is 5.69 Å². The van der Waals surface area contributed by atoms with Crippen LogP contribution in [-0.4, -0.2) is 34.7 Å². The maximum absolute atomic E-state index is 12.3. The first-order valence-electron chi connectivity index (χ1n) is 7.73. The molecule has 0 aliphatic carbocycles. The number of amides is 2. The molecule has 2 aromatic rings. The fraction of sp³-hybridized carbons (Fsp3) is 0.353. The number of hydrogen-bond acceptors (Lipinski definition) is 5. The van der Waals surface area contributed by atoms with Gasteiger partial charge in [-0.15, -0.1) is 0 Å². The molecule has 126 valence electrons. The van der Waals surface area contributed by atoms with Crippen molar-refractivity contribution in [1.29, 1.82) is 0 Å². The fourth-order valence-electron chi connectivity index (χ4n) is 2.86. The normalized spacial score (nSPS) is 17.4. The molecule has 1 fully saturated rings. The van der Waals surface area contributed by atoms with Crippen LogP contribution in [0.25, 0.3) is 0 Å². The van der Waals surface area contributed by atoms with Gasteiger partial charge in [0.2, 0.25) is 5.91 Å². The highest BCUT2D eigenvalue weighted by Gasteiger charge is 2.32. The van der Waals surface area contributed by atoms with E-state index in [1.807, 2.05) is 31.2 Å². The van der Waals surface area contributed by atoms with Crippen LogP contribution in [0.5, 0.6) is 0 Å². The molecule has 1 aliphatic rings. The molecule has 1 atom stereocenters. The minimum atomic E-state index is -0.445. The summed E-state index contributed by atoms with van der Waals surface area (Å²) < 4.78 is 4.95. The van der Waals surface area contributed by atoms with Gasteiger partial charge in [-0.05, 0) is 31.5 Å². The van der Waals surface area contributed by atoms with Crippen molar-refractivity contribution >= 4 is 17.5 Å². The molecule has 2 heterocycles. The molecule has 1 unspecified atom stereocenters. The number of carbonyl (C=O) groups is 2. The second-order valence-corrected chi connectivity index (χ2v) is 5.94. The molecular formula is C17H19N3O4. The molecule has 3 rings (SSSR count). The van der Waals surface area contributed by atoms with Crippen molar-refractivity contribution in [2.45, 2.75) is 32.9 Å². The van der Waals surface area contributed by atoms with Crippen molar-refractivity contribution in [3.05, 3.63) is 46.8 Å². The number of aromatic nitrogens is 1. The first kappa shape index (κ1) is 16.2.